The van der Waals surface area contributed by atoms with Crippen LogP contribution < -0.4 is 0 Å². The van der Waals surface area contributed by atoms with Crippen LogP contribution in [-0.4, -0.2) is 38.5 Å². The van der Waals surface area contributed by atoms with Crippen LogP contribution in [0.15, 0.2) is 33.6 Å². The fraction of sp³-hybridized carbons (Fsp3) is 0.533. The summed E-state index contributed by atoms with van der Waals surface area (Å²) in [5.74, 6) is 0. The standard InChI is InChI=1S/C15H20N2O3S/c1-11-4-6-13(7-5-11)21(18,19)16-14-17-10-15(2,3)8-12(17)9-20-14/h4-7,12H,8-10H2,1-3H3/b16-14-/t12-/m1/s1. The summed E-state index contributed by atoms with van der Waals surface area (Å²) in [6.07, 6.45) is 0.997. The van der Waals surface area contributed by atoms with Crippen molar-refractivity contribution in [2.75, 3.05) is 13.2 Å². The Morgan fingerprint density at radius 2 is 1.95 bits per heavy atom. The molecule has 0 amide bonds. The van der Waals surface area contributed by atoms with E-state index in [9.17, 15) is 8.42 Å². The van der Waals surface area contributed by atoms with Crippen LogP contribution >= 0.6 is 0 Å². The summed E-state index contributed by atoms with van der Waals surface area (Å²) in [5.41, 5.74) is 1.18. The Bertz CT molecular complexity index is 677. The Morgan fingerprint density at radius 1 is 1.29 bits per heavy atom. The summed E-state index contributed by atoms with van der Waals surface area (Å²) >= 11 is 0. The molecule has 2 aliphatic heterocycles. The van der Waals surface area contributed by atoms with Crippen molar-refractivity contribution < 1.29 is 13.2 Å². The highest BCUT2D eigenvalue weighted by Gasteiger charge is 2.44. The Balaban J connectivity index is 1.89. The van der Waals surface area contributed by atoms with Gasteiger partial charge in [-0.2, -0.15) is 8.42 Å². The van der Waals surface area contributed by atoms with Crippen molar-refractivity contribution in [3.63, 3.8) is 0 Å². The highest BCUT2D eigenvalue weighted by Crippen LogP contribution is 2.37. The second-order valence-electron chi connectivity index (χ2n) is 6.62. The summed E-state index contributed by atoms with van der Waals surface area (Å²) in [7, 11) is -3.72. The van der Waals surface area contributed by atoms with Crippen LogP contribution in [0.5, 0.6) is 0 Å². The minimum Gasteiger partial charge on any atom is -0.462 e. The van der Waals surface area contributed by atoms with Gasteiger partial charge in [0.2, 0.25) is 0 Å². The van der Waals surface area contributed by atoms with Crippen molar-refractivity contribution in [2.24, 2.45) is 9.81 Å². The van der Waals surface area contributed by atoms with Crippen molar-refractivity contribution in [3.8, 4) is 0 Å². The number of rotatable bonds is 2. The lowest BCUT2D eigenvalue weighted by atomic mass is 9.91. The third-order valence-electron chi connectivity index (χ3n) is 3.99. The molecule has 0 unspecified atom stereocenters. The summed E-state index contributed by atoms with van der Waals surface area (Å²) in [5, 5.41) is 0. The van der Waals surface area contributed by atoms with E-state index in [-0.39, 0.29) is 22.4 Å². The molecule has 0 bridgehead atoms. The first-order valence-electron chi connectivity index (χ1n) is 7.08. The molecule has 114 valence electrons. The molecule has 1 aromatic rings. The maximum atomic E-state index is 12.4. The van der Waals surface area contributed by atoms with Crippen LogP contribution in [-0.2, 0) is 14.8 Å². The number of fused-ring (bicyclic) bond motifs is 1. The van der Waals surface area contributed by atoms with Crippen LogP contribution in [0.2, 0.25) is 0 Å². The van der Waals surface area contributed by atoms with Crippen LogP contribution in [0.4, 0.5) is 0 Å². The van der Waals surface area contributed by atoms with E-state index >= 15 is 0 Å². The number of amidine groups is 1. The van der Waals surface area contributed by atoms with Gasteiger partial charge in [-0.1, -0.05) is 31.5 Å². The van der Waals surface area contributed by atoms with Crippen molar-refractivity contribution in [3.05, 3.63) is 29.8 Å². The molecule has 21 heavy (non-hydrogen) atoms. The molecule has 2 saturated heterocycles. The molecular formula is C15H20N2O3S. The lowest BCUT2D eigenvalue weighted by molar-refractivity contribution is 0.293. The largest absolute Gasteiger partial charge is 0.462 e. The third-order valence-corrected chi connectivity index (χ3v) is 5.26. The summed E-state index contributed by atoms with van der Waals surface area (Å²) < 4.78 is 34.1. The lowest BCUT2D eigenvalue weighted by Gasteiger charge is -2.18. The van der Waals surface area contributed by atoms with E-state index < -0.39 is 10.0 Å². The van der Waals surface area contributed by atoms with E-state index in [2.05, 4.69) is 18.2 Å². The minimum atomic E-state index is -3.72. The minimum absolute atomic E-state index is 0.169. The predicted octanol–water partition coefficient (Wildman–Crippen LogP) is 2.17. The Labute approximate surface area is 125 Å². The maximum Gasteiger partial charge on any atom is 0.303 e. The monoisotopic (exact) mass is 308 g/mol. The molecule has 6 heteroatoms. The molecule has 0 radical (unpaired) electrons. The summed E-state index contributed by atoms with van der Waals surface area (Å²) in [4.78, 5) is 2.18. The fourth-order valence-electron chi connectivity index (χ4n) is 2.97. The Morgan fingerprint density at radius 3 is 2.62 bits per heavy atom. The Kier molecular flexibility index (Phi) is 3.24. The summed E-state index contributed by atoms with van der Waals surface area (Å²) in [6.45, 7) is 7.57. The van der Waals surface area contributed by atoms with Crippen molar-refractivity contribution >= 4 is 16.0 Å². The molecule has 2 heterocycles. The first-order chi connectivity index (χ1) is 9.77. The SMILES string of the molecule is Cc1ccc(S(=O)(=O)/N=C2\OC[C@H]3CC(C)(C)CN23)cc1. The van der Waals surface area contributed by atoms with Gasteiger partial charge in [-0.05, 0) is 30.9 Å². The maximum absolute atomic E-state index is 12.4. The molecule has 0 saturated carbocycles. The van der Waals surface area contributed by atoms with Gasteiger partial charge in [0.15, 0.2) is 0 Å². The number of hydrogen-bond acceptors (Lipinski definition) is 3. The molecule has 1 atom stereocenters. The van der Waals surface area contributed by atoms with Gasteiger partial charge < -0.3 is 9.64 Å². The number of ether oxygens (including phenoxy) is 1. The first-order valence-corrected chi connectivity index (χ1v) is 8.52. The molecule has 0 aliphatic carbocycles. The molecule has 1 aromatic carbocycles. The van der Waals surface area contributed by atoms with Crippen LogP contribution in [0.1, 0.15) is 25.8 Å². The zero-order valence-corrected chi connectivity index (χ0v) is 13.4. The quantitative estimate of drug-likeness (QED) is 0.840. The number of hydrogen-bond donors (Lipinski definition) is 0. The van der Waals surface area contributed by atoms with Crippen LogP contribution in [0, 0.1) is 12.3 Å². The second kappa shape index (κ2) is 4.73. The average Bonchev–Trinajstić information content (AvgIpc) is 2.86. The normalized spacial score (nSPS) is 26.0. The van der Waals surface area contributed by atoms with Gasteiger partial charge in [-0.25, -0.2) is 0 Å². The highest BCUT2D eigenvalue weighted by molar-refractivity contribution is 7.90. The van der Waals surface area contributed by atoms with Gasteiger partial charge in [-0.15, -0.1) is 4.40 Å². The molecule has 0 aromatic heterocycles. The molecular weight excluding hydrogens is 288 g/mol. The molecule has 5 nitrogen and oxygen atoms in total. The van der Waals surface area contributed by atoms with Crippen molar-refractivity contribution in [2.45, 2.75) is 38.1 Å². The second-order valence-corrected chi connectivity index (χ2v) is 8.23. The van der Waals surface area contributed by atoms with Gasteiger partial charge in [0.25, 0.3) is 10.0 Å². The zero-order valence-electron chi connectivity index (χ0n) is 12.5. The number of nitrogens with zero attached hydrogens (tertiary/aromatic N) is 2. The molecule has 3 rings (SSSR count). The Hall–Kier alpha value is -1.56. The van der Waals surface area contributed by atoms with Gasteiger partial charge in [0.1, 0.15) is 6.61 Å². The van der Waals surface area contributed by atoms with E-state index in [4.69, 9.17) is 4.74 Å². The smallest absolute Gasteiger partial charge is 0.303 e. The highest BCUT2D eigenvalue weighted by atomic mass is 32.2. The van der Waals surface area contributed by atoms with Crippen LogP contribution in [0.3, 0.4) is 0 Å². The molecule has 0 spiro atoms. The van der Waals surface area contributed by atoms with Crippen LogP contribution in [0.25, 0.3) is 0 Å². The molecule has 2 aliphatic rings. The molecule has 2 fully saturated rings. The van der Waals surface area contributed by atoms with Gasteiger partial charge in [0, 0.05) is 6.54 Å². The summed E-state index contributed by atoms with van der Waals surface area (Å²) in [6, 6.07) is 7.18. The van der Waals surface area contributed by atoms with E-state index in [0.29, 0.717) is 6.61 Å². The first kappa shape index (κ1) is 14.4. The third kappa shape index (κ3) is 2.77. The molecule has 0 N–H and O–H groups in total. The van der Waals surface area contributed by atoms with Crippen molar-refractivity contribution in [1.29, 1.82) is 0 Å². The van der Waals surface area contributed by atoms with E-state index in [1.807, 2.05) is 11.8 Å². The van der Waals surface area contributed by atoms with Crippen molar-refractivity contribution in [1.82, 2.24) is 4.90 Å². The number of benzene rings is 1. The topological polar surface area (TPSA) is 59.0 Å². The fourth-order valence-corrected chi connectivity index (χ4v) is 3.92. The lowest BCUT2D eigenvalue weighted by Crippen LogP contribution is -2.30. The number of sulfonamides is 1. The average molecular weight is 308 g/mol. The van der Waals surface area contributed by atoms with Gasteiger partial charge in [-0.3, -0.25) is 0 Å². The predicted molar refractivity (Wildman–Crippen MR) is 80.6 cm³/mol. The van der Waals surface area contributed by atoms with Gasteiger partial charge >= 0.3 is 6.02 Å². The zero-order chi connectivity index (χ0) is 15.3. The number of aryl methyl sites for hydroxylation is 1. The van der Waals surface area contributed by atoms with E-state index in [1.54, 1.807) is 24.3 Å². The van der Waals surface area contributed by atoms with E-state index in [0.717, 1.165) is 18.5 Å². The van der Waals surface area contributed by atoms with Gasteiger partial charge in [0.05, 0.1) is 10.9 Å². The van der Waals surface area contributed by atoms with E-state index in [1.165, 1.54) is 0 Å².